The van der Waals surface area contributed by atoms with E-state index >= 15 is 0 Å². The molecule has 0 aliphatic carbocycles. The lowest BCUT2D eigenvalue weighted by molar-refractivity contribution is -0.133. The summed E-state index contributed by atoms with van der Waals surface area (Å²) in [6, 6.07) is 5.31. The SMILES string of the molecule is FC(F)(F)CCNCc1cccc(Br)n1. The van der Waals surface area contributed by atoms with Crippen LogP contribution in [-0.4, -0.2) is 17.7 Å². The van der Waals surface area contributed by atoms with Gasteiger partial charge in [0.2, 0.25) is 0 Å². The maximum atomic E-state index is 11.8. The van der Waals surface area contributed by atoms with Gasteiger partial charge in [-0.1, -0.05) is 6.07 Å². The molecule has 0 radical (unpaired) electrons. The van der Waals surface area contributed by atoms with Crippen molar-refractivity contribution < 1.29 is 13.2 Å². The summed E-state index contributed by atoms with van der Waals surface area (Å²) in [5.74, 6) is 0. The Morgan fingerprint density at radius 3 is 2.67 bits per heavy atom. The smallest absolute Gasteiger partial charge is 0.311 e. The van der Waals surface area contributed by atoms with Gasteiger partial charge in [0.1, 0.15) is 4.60 Å². The fourth-order valence-electron chi connectivity index (χ4n) is 0.995. The predicted molar refractivity (Wildman–Crippen MR) is 54.3 cm³/mol. The van der Waals surface area contributed by atoms with Crippen LogP contribution in [0.25, 0.3) is 0 Å². The molecular formula is C9H10BrF3N2. The molecule has 1 heterocycles. The third kappa shape index (κ3) is 5.74. The van der Waals surface area contributed by atoms with E-state index in [-0.39, 0.29) is 6.54 Å². The number of nitrogens with zero attached hydrogens (tertiary/aromatic N) is 1. The molecule has 0 aromatic carbocycles. The Bertz CT molecular complexity index is 314. The zero-order valence-corrected chi connectivity index (χ0v) is 9.40. The lowest BCUT2D eigenvalue weighted by atomic mass is 10.3. The third-order valence-electron chi connectivity index (χ3n) is 1.66. The second kappa shape index (κ2) is 5.46. The molecule has 0 spiro atoms. The quantitative estimate of drug-likeness (QED) is 0.679. The lowest BCUT2D eigenvalue weighted by Crippen LogP contribution is -2.21. The second-order valence-electron chi connectivity index (χ2n) is 2.99. The van der Waals surface area contributed by atoms with E-state index in [1.807, 2.05) is 0 Å². The van der Waals surface area contributed by atoms with Crippen molar-refractivity contribution in [2.24, 2.45) is 0 Å². The highest BCUT2D eigenvalue weighted by atomic mass is 79.9. The molecule has 0 atom stereocenters. The van der Waals surface area contributed by atoms with Crippen LogP contribution in [0.1, 0.15) is 12.1 Å². The number of aromatic nitrogens is 1. The first-order valence-electron chi connectivity index (χ1n) is 4.36. The number of halogens is 4. The van der Waals surface area contributed by atoms with Crippen molar-refractivity contribution >= 4 is 15.9 Å². The van der Waals surface area contributed by atoms with Crippen molar-refractivity contribution in [3.8, 4) is 0 Å². The van der Waals surface area contributed by atoms with Gasteiger partial charge < -0.3 is 5.32 Å². The van der Waals surface area contributed by atoms with E-state index in [1.165, 1.54) is 0 Å². The molecule has 0 saturated heterocycles. The Hall–Kier alpha value is -0.620. The number of alkyl halides is 3. The normalized spacial score (nSPS) is 11.7. The van der Waals surface area contributed by atoms with E-state index in [0.717, 1.165) is 0 Å². The van der Waals surface area contributed by atoms with Gasteiger partial charge in [0.25, 0.3) is 0 Å². The van der Waals surface area contributed by atoms with Crippen LogP contribution in [0.3, 0.4) is 0 Å². The fraction of sp³-hybridized carbons (Fsp3) is 0.444. The monoisotopic (exact) mass is 282 g/mol. The van der Waals surface area contributed by atoms with Crippen LogP contribution in [0.5, 0.6) is 0 Å². The predicted octanol–water partition coefficient (Wildman–Crippen LogP) is 2.89. The van der Waals surface area contributed by atoms with Crippen LogP contribution in [0, 0.1) is 0 Å². The molecule has 0 saturated carbocycles. The summed E-state index contributed by atoms with van der Waals surface area (Å²) in [4.78, 5) is 4.08. The van der Waals surface area contributed by atoms with Crippen molar-refractivity contribution in [1.82, 2.24) is 10.3 Å². The number of rotatable bonds is 4. The third-order valence-corrected chi connectivity index (χ3v) is 2.11. The van der Waals surface area contributed by atoms with Crippen molar-refractivity contribution in [2.75, 3.05) is 6.54 Å². The van der Waals surface area contributed by atoms with Gasteiger partial charge in [-0.25, -0.2) is 4.98 Å². The van der Waals surface area contributed by atoms with Crippen LogP contribution in [0.4, 0.5) is 13.2 Å². The van der Waals surface area contributed by atoms with E-state index in [0.29, 0.717) is 16.8 Å². The molecule has 1 rings (SSSR count). The minimum atomic E-state index is -4.10. The Morgan fingerprint density at radius 1 is 1.33 bits per heavy atom. The highest BCUT2D eigenvalue weighted by Crippen LogP contribution is 2.18. The van der Waals surface area contributed by atoms with Crippen LogP contribution < -0.4 is 5.32 Å². The van der Waals surface area contributed by atoms with Gasteiger partial charge in [0.05, 0.1) is 12.1 Å². The summed E-state index contributed by atoms with van der Waals surface area (Å²) in [7, 11) is 0. The number of hydrogen-bond donors (Lipinski definition) is 1. The maximum absolute atomic E-state index is 11.8. The van der Waals surface area contributed by atoms with E-state index < -0.39 is 12.6 Å². The molecule has 1 aromatic rings. The van der Waals surface area contributed by atoms with Crippen LogP contribution in [0.2, 0.25) is 0 Å². The summed E-state index contributed by atoms with van der Waals surface area (Å²) in [5.41, 5.74) is 0.714. The average molecular weight is 283 g/mol. The highest BCUT2D eigenvalue weighted by Gasteiger charge is 2.25. The summed E-state index contributed by atoms with van der Waals surface area (Å²) >= 11 is 3.18. The highest BCUT2D eigenvalue weighted by molar-refractivity contribution is 9.10. The van der Waals surface area contributed by atoms with Gasteiger partial charge in [-0.15, -0.1) is 0 Å². The van der Waals surface area contributed by atoms with E-state index in [4.69, 9.17) is 0 Å². The minimum Gasteiger partial charge on any atom is -0.311 e. The minimum absolute atomic E-state index is 0.0856. The van der Waals surface area contributed by atoms with Gasteiger partial charge in [-0.2, -0.15) is 13.2 Å². The number of nitrogens with one attached hydrogen (secondary N) is 1. The van der Waals surface area contributed by atoms with Gasteiger partial charge in [0.15, 0.2) is 0 Å². The largest absolute Gasteiger partial charge is 0.390 e. The van der Waals surface area contributed by atoms with Gasteiger partial charge in [0, 0.05) is 13.1 Å². The zero-order chi connectivity index (χ0) is 11.3. The first-order chi connectivity index (χ1) is 6.97. The Kier molecular flexibility index (Phi) is 4.53. The molecule has 0 amide bonds. The van der Waals surface area contributed by atoms with Crippen LogP contribution in [-0.2, 0) is 6.54 Å². The topological polar surface area (TPSA) is 24.9 Å². The molecule has 0 aliphatic rings. The molecule has 1 aromatic heterocycles. The molecule has 84 valence electrons. The van der Waals surface area contributed by atoms with Gasteiger partial charge in [-0.05, 0) is 28.1 Å². The zero-order valence-electron chi connectivity index (χ0n) is 7.81. The second-order valence-corrected chi connectivity index (χ2v) is 3.81. The fourth-order valence-corrected chi connectivity index (χ4v) is 1.38. The standard InChI is InChI=1S/C9H10BrF3N2/c10-8-3-1-2-7(15-8)6-14-5-4-9(11,12)13/h1-3,14H,4-6H2. The summed E-state index contributed by atoms with van der Waals surface area (Å²) in [6.07, 6.45) is -4.92. The molecule has 0 unspecified atom stereocenters. The Labute approximate surface area is 94.0 Å². The first-order valence-corrected chi connectivity index (χ1v) is 5.15. The molecule has 1 N–H and O–H groups in total. The van der Waals surface area contributed by atoms with Crippen LogP contribution in [0.15, 0.2) is 22.8 Å². The molecule has 2 nitrogen and oxygen atoms in total. The Morgan fingerprint density at radius 2 is 2.07 bits per heavy atom. The van der Waals surface area contributed by atoms with Gasteiger partial charge >= 0.3 is 6.18 Å². The van der Waals surface area contributed by atoms with E-state index in [1.54, 1.807) is 18.2 Å². The molecule has 0 bridgehead atoms. The molecule has 6 heteroatoms. The number of hydrogen-bond acceptors (Lipinski definition) is 2. The molecule has 0 aliphatic heterocycles. The molecular weight excluding hydrogens is 273 g/mol. The van der Waals surface area contributed by atoms with Crippen LogP contribution >= 0.6 is 15.9 Å². The van der Waals surface area contributed by atoms with E-state index in [9.17, 15) is 13.2 Å². The van der Waals surface area contributed by atoms with E-state index in [2.05, 4.69) is 26.2 Å². The maximum Gasteiger partial charge on any atom is 0.390 e. The average Bonchev–Trinajstić information content (AvgIpc) is 2.11. The van der Waals surface area contributed by atoms with Crippen molar-refractivity contribution in [2.45, 2.75) is 19.1 Å². The van der Waals surface area contributed by atoms with Crippen molar-refractivity contribution in [3.05, 3.63) is 28.5 Å². The molecule has 15 heavy (non-hydrogen) atoms. The van der Waals surface area contributed by atoms with Crippen molar-refractivity contribution in [3.63, 3.8) is 0 Å². The first kappa shape index (κ1) is 12.4. The summed E-state index contributed by atoms with van der Waals surface area (Å²) in [6.45, 7) is 0.257. The van der Waals surface area contributed by atoms with Crippen molar-refractivity contribution in [1.29, 1.82) is 0 Å². The van der Waals surface area contributed by atoms with Gasteiger partial charge in [-0.3, -0.25) is 0 Å². The Balaban J connectivity index is 2.26. The molecule has 0 fully saturated rings. The summed E-state index contributed by atoms with van der Waals surface area (Å²) in [5, 5.41) is 2.68. The lowest BCUT2D eigenvalue weighted by Gasteiger charge is -2.07. The summed E-state index contributed by atoms with van der Waals surface area (Å²) < 4.78 is 36.0. The number of pyridine rings is 1.